The molecule has 2 aromatic carbocycles. The summed E-state index contributed by atoms with van der Waals surface area (Å²) >= 11 is 0. The summed E-state index contributed by atoms with van der Waals surface area (Å²) in [6, 6.07) is 14.9. The molecule has 178 valence electrons. The minimum Gasteiger partial charge on any atom is -0.395 e. The Labute approximate surface area is 198 Å². The molecule has 2 saturated heterocycles. The van der Waals surface area contributed by atoms with Crippen LogP contribution in [-0.4, -0.2) is 90.4 Å². The average molecular weight is 464 g/mol. The first kappa shape index (κ1) is 22.3. The summed E-state index contributed by atoms with van der Waals surface area (Å²) in [6.07, 6.45) is 0. The van der Waals surface area contributed by atoms with Gasteiger partial charge in [0.05, 0.1) is 17.0 Å². The Kier molecular flexibility index (Phi) is 6.41. The highest BCUT2D eigenvalue weighted by molar-refractivity contribution is 5.90. The van der Waals surface area contributed by atoms with Crippen molar-refractivity contribution in [2.45, 2.75) is 0 Å². The molecule has 34 heavy (non-hydrogen) atoms. The molecule has 10 heteroatoms. The number of benzene rings is 2. The van der Waals surface area contributed by atoms with Crippen LogP contribution in [0.15, 0.2) is 48.5 Å². The monoisotopic (exact) mass is 463 g/mol. The molecule has 0 spiro atoms. The van der Waals surface area contributed by atoms with Gasteiger partial charge in [0.15, 0.2) is 0 Å². The number of hydrogen-bond acceptors (Lipinski definition) is 9. The molecule has 2 aliphatic rings. The number of nitro benzene ring substituents is 1. The van der Waals surface area contributed by atoms with Gasteiger partial charge in [-0.05, 0) is 24.3 Å². The van der Waals surface area contributed by atoms with E-state index in [2.05, 4.69) is 25.7 Å². The van der Waals surface area contributed by atoms with E-state index in [1.165, 1.54) is 0 Å². The molecule has 1 aromatic heterocycles. The number of nitro groups is 1. The highest BCUT2D eigenvalue weighted by atomic mass is 16.6. The number of aromatic nitrogens is 2. The molecular formula is C24H29N7O3. The standard InChI is InChI=1S/C24H29N7O3/c32-18-17-27-9-11-30(12-10-27)24-25-22-4-2-1-3-21(22)23(26-24)29-15-13-28(14-16-29)19-5-7-20(8-6-19)31(33)34/h1-8,32H,9-18H2. The van der Waals surface area contributed by atoms with Gasteiger partial charge >= 0.3 is 0 Å². The highest BCUT2D eigenvalue weighted by Crippen LogP contribution is 2.29. The summed E-state index contributed by atoms with van der Waals surface area (Å²) in [5.41, 5.74) is 2.05. The lowest BCUT2D eigenvalue weighted by molar-refractivity contribution is -0.384. The maximum Gasteiger partial charge on any atom is 0.269 e. The molecule has 0 unspecified atom stereocenters. The molecule has 5 rings (SSSR count). The third-order valence-electron chi connectivity index (χ3n) is 6.65. The van der Waals surface area contributed by atoms with E-state index in [0.717, 1.165) is 80.7 Å². The molecular weight excluding hydrogens is 434 g/mol. The van der Waals surface area contributed by atoms with Gasteiger partial charge in [-0.3, -0.25) is 15.0 Å². The third-order valence-corrected chi connectivity index (χ3v) is 6.65. The van der Waals surface area contributed by atoms with E-state index in [4.69, 9.17) is 9.97 Å². The number of aliphatic hydroxyl groups is 1. The van der Waals surface area contributed by atoms with Crippen LogP contribution in [0.4, 0.5) is 23.1 Å². The molecule has 0 amide bonds. The quantitative estimate of drug-likeness (QED) is 0.434. The second-order valence-corrected chi connectivity index (χ2v) is 8.66. The van der Waals surface area contributed by atoms with Crippen LogP contribution >= 0.6 is 0 Å². The predicted octanol–water partition coefficient (Wildman–Crippen LogP) is 1.98. The number of rotatable bonds is 6. The smallest absolute Gasteiger partial charge is 0.269 e. The van der Waals surface area contributed by atoms with E-state index in [9.17, 15) is 15.2 Å². The third kappa shape index (κ3) is 4.59. The fraction of sp³-hybridized carbons (Fsp3) is 0.417. The zero-order valence-electron chi connectivity index (χ0n) is 19.1. The Morgan fingerprint density at radius 3 is 2.15 bits per heavy atom. The van der Waals surface area contributed by atoms with E-state index in [1.807, 2.05) is 30.3 Å². The van der Waals surface area contributed by atoms with Crippen LogP contribution in [0.3, 0.4) is 0 Å². The molecule has 2 aliphatic heterocycles. The molecule has 0 saturated carbocycles. The Bertz CT molecular complexity index is 1140. The van der Waals surface area contributed by atoms with Crippen molar-refractivity contribution in [1.82, 2.24) is 14.9 Å². The van der Waals surface area contributed by atoms with Gasteiger partial charge in [0.25, 0.3) is 5.69 Å². The van der Waals surface area contributed by atoms with Crippen LogP contribution in [0.1, 0.15) is 0 Å². The Balaban J connectivity index is 1.34. The first-order chi connectivity index (χ1) is 16.6. The van der Waals surface area contributed by atoms with Crippen molar-refractivity contribution in [2.24, 2.45) is 0 Å². The van der Waals surface area contributed by atoms with E-state index in [1.54, 1.807) is 12.1 Å². The van der Waals surface area contributed by atoms with Gasteiger partial charge < -0.3 is 19.8 Å². The molecule has 0 aliphatic carbocycles. The SMILES string of the molecule is O=[N+]([O-])c1ccc(N2CCN(c3nc(N4CCN(CCO)CC4)nc4ccccc34)CC2)cc1. The van der Waals surface area contributed by atoms with Crippen molar-refractivity contribution in [3.8, 4) is 0 Å². The Hall–Kier alpha value is -3.50. The van der Waals surface area contributed by atoms with Gasteiger partial charge in [0.1, 0.15) is 5.82 Å². The summed E-state index contributed by atoms with van der Waals surface area (Å²) in [7, 11) is 0. The minimum atomic E-state index is -0.369. The lowest BCUT2D eigenvalue weighted by Gasteiger charge is -2.38. The molecule has 3 aromatic rings. The number of hydrogen-bond donors (Lipinski definition) is 1. The molecule has 0 bridgehead atoms. The van der Waals surface area contributed by atoms with Crippen molar-refractivity contribution in [3.05, 3.63) is 58.6 Å². The van der Waals surface area contributed by atoms with Crippen molar-refractivity contribution in [3.63, 3.8) is 0 Å². The van der Waals surface area contributed by atoms with Gasteiger partial charge in [0.2, 0.25) is 5.95 Å². The highest BCUT2D eigenvalue weighted by Gasteiger charge is 2.24. The van der Waals surface area contributed by atoms with E-state index in [0.29, 0.717) is 6.54 Å². The average Bonchev–Trinajstić information content (AvgIpc) is 2.89. The number of anilines is 3. The first-order valence-electron chi connectivity index (χ1n) is 11.7. The van der Waals surface area contributed by atoms with Crippen molar-refractivity contribution in [2.75, 3.05) is 80.2 Å². The fourth-order valence-electron chi connectivity index (χ4n) is 4.70. The van der Waals surface area contributed by atoms with Gasteiger partial charge in [0, 0.05) is 82.1 Å². The summed E-state index contributed by atoms with van der Waals surface area (Å²) in [5.74, 6) is 1.72. The minimum absolute atomic E-state index is 0.111. The second kappa shape index (κ2) is 9.78. The van der Waals surface area contributed by atoms with Crippen LogP contribution in [0, 0.1) is 10.1 Å². The van der Waals surface area contributed by atoms with Crippen molar-refractivity contribution >= 4 is 34.0 Å². The Morgan fingerprint density at radius 1 is 0.824 bits per heavy atom. The molecule has 3 heterocycles. The maximum atomic E-state index is 10.9. The zero-order chi connectivity index (χ0) is 23.5. The summed E-state index contributed by atoms with van der Waals surface area (Å²) in [4.78, 5) is 29.5. The number of fused-ring (bicyclic) bond motifs is 1. The zero-order valence-corrected chi connectivity index (χ0v) is 19.1. The number of β-amino-alcohol motifs (C(OH)–C–C–N with tert-alkyl or cyclic N) is 1. The second-order valence-electron chi connectivity index (χ2n) is 8.66. The van der Waals surface area contributed by atoms with Gasteiger partial charge in [-0.25, -0.2) is 4.98 Å². The molecule has 1 N–H and O–H groups in total. The largest absolute Gasteiger partial charge is 0.395 e. The number of aliphatic hydroxyl groups excluding tert-OH is 1. The van der Waals surface area contributed by atoms with E-state index in [-0.39, 0.29) is 17.2 Å². The molecule has 0 atom stereocenters. The summed E-state index contributed by atoms with van der Waals surface area (Å²) < 4.78 is 0. The molecule has 2 fully saturated rings. The number of piperazine rings is 2. The molecule has 10 nitrogen and oxygen atoms in total. The Morgan fingerprint density at radius 2 is 1.47 bits per heavy atom. The fourth-order valence-corrected chi connectivity index (χ4v) is 4.70. The van der Waals surface area contributed by atoms with Crippen molar-refractivity contribution in [1.29, 1.82) is 0 Å². The lowest BCUT2D eigenvalue weighted by atomic mass is 10.2. The normalized spacial score (nSPS) is 17.4. The predicted molar refractivity (Wildman–Crippen MR) is 133 cm³/mol. The van der Waals surface area contributed by atoms with E-state index >= 15 is 0 Å². The van der Waals surface area contributed by atoms with Gasteiger partial charge in [-0.1, -0.05) is 12.1 Å². The van der Waals surface area contributed by atoms with Crippen molar-refractivity contribution < 1.29 is 10.0 Å². The van der Waals surface area contributed by atoms with Crippen LogP contribution in [0.2, 0.25) is 0 Å². The van der Waals surface area contributed by atoms with Crippen LogP contribution in [-0.2, 0) is 0 Å². The summed E-state index contributed by atoms with van der Waals surface area (Å²) in [6.45, 7) is 7.58. The number of para-hydroxylation sites is 1. The van der Waals surface area contributed by atoms with E-state index < -0.39 is 0 Å². The maximum absolute atomic E-state index is 10.9. The van der Waals surface area contributed by atoms with Crippen LogP contribution in [0.25, 0.3) is 10.9 Å². The number of non-ortho nitro benzene ring substituents is 1. The summed E-state index contributed by atoms with van der Waals surface area (Å²) in [5, 5.41) is 21.2. The number of nitrogens with zero attached hydrogens (tertiary/aromatic N) is 7. The lowest BCUT2D eigenvalue weighted by Crippen LogP contribution is -2.48. The van der Waals surface area contributed by atoms with Gasteiger partial charge in [-0.15, -0.1) is 0 Å². The van der Waals surface area contributed by atoms with Crippen LogP contribution < -0.4 is 14.7 Å². The topological polar surface area (TPSA) is 102 Å². The van der Waals surface area contributed by atoms with Gasteiger partial charge in [-0.2, -0.15) is 4.98 Å². The molecule has 0 radical (unpaired) electrons. The first-order valence-corrected chi connectivity index (χ1v) is 11.7. The van der Waals surface area contributed by atoms with Crippen LogP contribution in [0.5, 0.6) is 0 Å².